The number of aromatic amines is 2. The molecule has 2 N–H and O–H groups in total. The number of hydrogen-bond donors (Lipinski definition) is 2. The van der Waals surface area contributed by atoms with Gasteiger partial charge in [-0.05, 0) is 38.1 Å². The number of rotatable bonds is 1. The minimum absolute atomic E-state index is 0.0313. The summed E-state index contributed by atoms with van der Waals surface area (Å²) in [5.74, 6) is 1.05. The van der Waals surface area contributed by atoms with Crippen molar-refractivity contribution in [1.82, 2.24) is 19.5 Å². The molecule has 4 rings (SSSR count). The Kier molecular flexibility index (Phi) is 4.72. The lowest BCUT2D eigenvalue weighted by atomic mass is 9.96. The molecule has 0 aliphatic rings. The van der Waals surface area contributed by atoms with E-state index in [0.29, 0.717) is 0 Å². The lowest BCUT2D eigenvalue weighted by molar-refractivity contribution is 0.554. The molecule has 0 amide bonds. The van der Waals surface area contributed by atoms with Crippen molar-refractivity contribution in [2.45, 2.75) is 46.1 Å². The molecule has 0 unspecified atom stereocenters. The predicted octanol–water partition coefficient (Wildman–Crippen LogP) is 4.77. The van der Waals surface area contributed by atoms with Gasteiger partial charge in [0, 0.05) is 11.5 Å². The molecule has 0 saturated carbocycles. The Morgan fingerprint density at radius 1 is 0.923 bits per heavy atom. The van der Waals surface area contributed by atoms with Gasteiger partial charge in [-0.1, -0.05) is 45.0 Å². The van der Waals surface area contributed by atoms with Crippen LogP contribution in [0.2, 0.25) is 0 Å². The van der Waals surface area contributed by atoms with Crippen LogP contribution in [0.5, 0.6) is 0 Å². The number of fused-ring (bicyclic) bond motifs is 2. The van der Waals surface area contributed by atoms with Gasteiger partial charge >= 0.3 is 5.69 Å². The highest BCUT2D eigenvalue weighted by molar-refractivity contribution is 5.75. The summed E-state index contributed by atoms with van der Waals surface area (Å²) in [6.45, 7) is 10.5. The van der Waals surface area contributed by atoms with Gasteiger partial charge in [-0.15, -0.1) is 0 Å². The smallest absolute Gasteiger partial charge is 0.326 e. The summed E-state index contributed by atoms with van der Waals surface area (Å²) in [5.41, 5.74) is 4.11. The van der Waals surface area contributed by atoms with Gasteiger partial charge in [-0.25, -0.2) is 9.78 Å². The van der Waals surface area contributed by atoms with E-state index in [2.05, 4.69) is 41.8 Å². The average molecular weight is 350 g/mol. The third-order valence-electron chi connectivity index (χ3n) is 4.24. The molecule has 0 saturated heterocycles. The van der Waals surface area contributed by atoms with E-state index in [9.17, 15) is 4.79 Å². The molecule has 0 radical (unpaired) electrons. The molecule has 5 heteroatoms. The largest absolute Gasteiger partial charge is 0.342 e. The van der Waals surface area contributed by atoms with Crippen LogP contribution in [0.1, 0.15) is 46.5 Å². The van der Waals surface area contributed by atoms with E-state index in [1.807, 2.05) is 56.3 Å². The number of nitrogens with one attached hydrogen (secondary N) is 2. The number of nitrogens with zero attached hydrogens (tertiary/aromatic N) is 2. The van der Waals surface area contributed by atoms with Gasteiger partial charge in [0.05, 0.1) is 22.1 Å². The fourth-order valence-corrected chi connectivity index (χ4v) is 2.89. The maximum absolute atomic E-state index is 11.5. The van der Waals surface area contributed by atoms with Gasteiger partial charge in [0.1, 0.15) is 5.82 Å². The first-order chi connectivity index (χ1) is 12.3. The van der Waals surface area contributed by atoms with Crippen molar-refractivity contribution >= 4 is 22.1 Å². The molecule has 136 valence electrons. The van der Waals surface area contributed by atoms with Gasteiger partial charge in [0.2, 0.25) is 0 Å². The zero-order valence-electron chi connectivity index (χ0n) is 16.0. The molecule has 0 bridgehead atoms. The molecular weight excluding hydrogens is 324 g/mol. The minimum Gasteiger partial charge on any atom is -0.342 e. The molecule has 2 aromatic carbocycles. The molecule has 2 aromatic heterocycles. The number of para-hydroxylation sites is 4. The molecule has 0 atom stereocenters. The molecule has 0 aliphatic carbocycles. The molecule has 4 aromatic rings. The van der Waals surface area contributed by atoms with Crippen LogP contribution in [0.25, 0.3) is 22.1 Å². The molecule has 5 nitrogen and oxygen atoms in total. The summed E-state index contributed by atoms with van der Waals surface area (Å²) in [4.78, 5) is 22.2. The van der Waals surface area contributed by atoms with E-state index in [4.69, 9.17) is 0 Å². The first kappa shape index (κ1) is 18.0. The number of hydrogen-bond acceptors (Lipinski definition) is 2. The van der Waals surface area contributed by atoms with Crippen molar-refractivity contribution in [1.29, 1.82) is 0 Å². The zero-order chi connectivity index (χ0) is 18.9. The van der Waals surface area contributed by atoms with E-state index in [1.54, 1.807) is 4.57 Å². The highest BCUT2D eigenvalue weighted by Crippen LogP contribution is 2.21. The van der Waals surface area contributed by atoms with Crippen LogP contribution in [0, 0.1) is 0 Å². The summed E-state index contributed by atoms with van der Waals surface area (Å²) in [6, 6.07) is 16.0. The van der Waals surface area contributed by atoms with E-state index in [0.717, 1.165) is 27.9 Å². The van der Waals surface area contributed by atoms with Crippen molar-refractivity contribution in [2.75, 3.05) is 0 Å². The summed E-state index contributed by atoms with van der Waals surface area (Å²) in [5, 5.41) is 0. The van der Waals surface area contributed by atoms with Crippen molar-refractivity contribution < 1.29 is 0 Å². The Hall–Kier alpha value is -2.82. The highest BCUT2D eigenvalue weighted by atomic mass is 16.1. The minimum atomic E-state index is -0.0313. The molecule has 26 heavy (non-hydrogen) atoms. The van der Waals surface area contributed by atoms with Crippen LogP contribution in [0.4, 0.5) is 0 Å². The first-order valence-electron chi connectivity index (χ1n) is 8.92. The number of H-pyrrole nitrogens is 2. The monoisotopic (exact) mass is 350 g/mol. The normalized spacial score (nSPS) is 11.8. The van der Waals surface area contributed by atoms with Crippen molar-refractivity contribution in [3.63, 3.8) is 0 Å². The zero-order valence-corrected chi connectivity index (χ0v) is 16.0. The maximum Gasteiger partial charge on any atom is 0.326 e. The van der Waals surface area contributed by atoms with Crippen LogP contribution in [0.3, 0.4) is 0 Å². The second-order valence-electron chi connectivity index (χ2n) is 7.76. The molecular formula is C21H26N4O. The van der Waals surface area contributed by atoms with E-state index >= 15 is 0 Å². The highest BCUT2D eigenvalue weighted by Gasteiger charge is 2.17. The summed E-state index contributed by atoms with van der Waals surface area (Å²) in [6.07, 6.45) is 0. The van der Waals surface area contributed by atoms with Crippen LogP contribution < -0.4 is 5.69 Å². The number of imidazole rings is 2. The third kappa shape index (κ3) is 3.57. The SMILES string of the molecule is CC(C)(C)c1nc2ccccc2[nH]1.CC(C)n1c(=O)[nH]c2ccccc21. The fourth-order valence-electron chi connectivity index (χ4n) is 2.89. The van der Waals surface area contributed by atoms with Gasteiger partial charge < -0.3 is 9.97 Å². The first-order valence-corrected chi connectivity index (χ1v) is 8.92. The van der Waals surface area contributed by atoms with Gasteiger partial charge in [0.15, 0.2) is 0 Å². The van der Waals surface area contributed by atoms with Gasteiger partial charge in [0.25, 0.3) is 0 Å². The van der Waals surface area contributed by atoms with Crippen LogP contribution >= 0.6 is 0 Å². The Bertz CT molecular complexity index is 1040. The molecule has 0 aliphatic heterocycles. The Morgan fingerprint density at radius 2 is 1.54 bits per heavy atom. The fraction of sp³-hybridized carbons (Fsp3) is 0.333. The van der Waals surface area contributed by atoms with Gasteiger partial charge in [-0.2, -0.15) is 0 Å². The molecule has 2 heterocycles. The molecule has 0 fully saturated rings. The second kappa shape index (κ2) is 6.83. The Balaban J connectivity index is 0.000000151. The lowest BCUT2D eigenvalue weighted by Crippen LogP contribution is -2.18. The third-order valence-corrected chi connectivity index (χ3v) is 4.24. The van der Waals surface area contributed by atoms with E-state index in [1.165, 1.54) is 0 Å². The maximum atomic E-state index is 11.5. The quantitative estimate of drug-likeness (QED) is 0.519. The van der Waals surface area contributed by atoms with Crippen LogP contribution in [0.15, 0.2) is 53.3 Å². The van der Waals surface area contributed by atoms with Crippen molar-refractivity contribution in [3.05, 3.63) is 64.8 Å². The number of aromatic nitrogens is 4. The summed E-state index contributed by atoms with van der Waals surface area (Å²) < 4.78 is 1.76. The summed E-state index contributed by atoms with van der Waals surface area (Å²) in [7, 11) is 0. The Labute approximate surface area is 153 Å². The predicted molar refractivity (Wildman–Crippen MR) is 108 cm³/mol. The lowest BCUT2D eigenvalue weighted by Gasteiger charge is -2.13. The Morgan fingerprint density at radius 3 is 2.15 bits per heavy atom. The van der Waals surface area contributed by atoms with Crippen LogP contribution in [-0.4, -0.2) is 19.5 Å². The van der Waals surface area contributed by atoms with Crippen LogP contribution in [-0.2, 0) is 5.41 Å². The van der Waals surface area contributed by atoms with E-state index in [-0.39, 0.29) is 17.1 Å². The standard InChI is InChI=1S/C11H14N2.C10H12N2O/c1-11(2,3)10-12-8-6-4-5-7-9(8)13-10;1-7(2)12-9-6-4-3-5-8(9)11-10(12)13/h4-7H,1-3H3,(H,12,13);3-7H,1-2H3,(H,11,13). The van der Waals surface area contributed by atoms with Crippen molar-refractivity contribution in [2.24, 2.45) is 0 Å². The summed E-state index contributed by atoms with van der Waals surface area (Å²) >= 11 is 0. The number of benzene rings is 2. The van der Waals surface area contributed by atoms with Crippen molar-refractivity contribution in [3.8, 4) is 0 Å². The van der Waals surface area contributed by atoms with Gasteiger partial charge in [-0.3, -0.25) is 4.57 Å². The topological polar surface area (TPSA) is 66.5 Å². The van der Waals surface area contributed by atoms with E-state index < -0.39 is 0 Å². The molecule has 0 spiro atoms. The average Bonchev–Trinajstić information content (AvgIpc) is 3.14. The second-order valence-corrected chi connectivity index (χ2v) is 7.76.